The molecule has 1 aromatic heterocycles. The van der Waals surface area contributed by atoms with Gasteiger partial charge in [0, 0.05) is 12.1 Å². The van der Waals surface area contributed by atoms with Crippen LogP contribution in [0.1, 0.15) is 68.4 Å². The summed E-state index contributed by atoms with van der Waals surface area (Å²) >= 11 is 0. The Labute approximate surface area is 186 Å². The third-order valence-corrected chi connectivity index (χ3v) is 5.91. The number of nitrogens with zero attached hydrogens (tertiary/aromatic N) is 2. The van der Waals surface area contributed by atoms with E-state index in [1.54, 1.807) is 0 Å². The van der Waals surface area contributed by atoms with Crippen molar-refractivity contribution < 1.29 is 4.79 Å². The molecule has 0 saturated heterocycles. The molecule has 1 atom stereocenters. The van der Waals surface area contributed by atoms with Crippen molar-refractivity contribution in [3.8, 4) is 5.69 Å². The fourth-order valence-corrected chi connectivity index (χ4v) is 4.27. The standard InChI is InChI=1S/C22H32N4O.2ClH/c1-16-13-17(2)26(25-16)20-9-7-19(8-10-20)18(3)24-21(27)14-22(15-23)11-5-4-6-12-22;;/h7-10,13,18H,4-6,11-12,14-15,23H2,1-3H3,(H,24,27);2*1H. The van der Waals surface area contributed by atoms with Gasteiger partial charge in [-0.25, -0.2) is 4.68 Å². The number of benzene rings is 1. The first kappa shape index (κ1) is 25.5. The van der Waals surface area contributed by atoms with Gasteiger partial charge in [-0.05, 0) is 69.3 Å². The van der Waals surface area contributed by atoms with E-state index in [1.165, 1.54) is 19.3 Å². The van der Waals surface area contributed by atoms with Crippen LogP contribution >= 0.6 is 24.8 Å². The largest absolute Gasteiger partial charge is 0.350 e. The lowest BCUT2D eigenvalue weighted by molar-refractivity contribution is -0.124. The van der Waals surface area contributed by atoms with Crippen molar-refractivity contribution >= 4 is 30.7 Å². The average molecular weight is 441 g/mol. The first-order valence-electron chi connectivity index (χ1n) is 10.1. The summed E-state index contributed by atoms with van der Waals surface area (Å²) < 4.78 is 1.94. The number of carbonyl (C=O) groups is 1. The lowest BCUT2D eigenvalue weighted by Gasteiger charge is -2.36. The third kappa shape index (κ3) is 6.21. The van der Waals surface area contributed by atoms with E-state index in [0.717, 1.165) is 35.5 Å². The van der Waals surface area contributed by atoms with E-state index in [4.69, 9.17) is 5.73 Å². The number of amides is 1. The van der Waals surface area contributed by atoms with E-state index in [0.29, 0.717) is 13.0 Å². The monoisotopic (exact) mass is 440 g/mol. The quantitative estimate of drug-likeness (QED) is 0.676. The molecule has 2 aromatic rings. The number of hydrogen-bond donors (Lipinski definition) is 2. The van der Waals surface area contributed by atoms with Crippen molar-refractivity contribution in [3.63, 3.8) is 0 Å². The van der Waals surface area contributed by atoms with Gasteiger partial charge in [-0.15, -0.1) is 24.8 Å². The molecule has 7 heteroatoms. The zero-order chi connectivity index (χ0) is 19.4. The minimum absolute atomic E-state index is 0. The average Bonchev–Trinajstić information content (AvgIpc) is 3.00. The highest BCUT2D eigenvalue weighted by Gasteiger charge is 2.33. The summed E-state index contributed by atoms with van der Waals surface area (Å²) in [4.78, 5) is 12.6. The zero-order valence-corrected chi connectivity index (χ0v) is 19.2. The van der Waals surface area contributed by atoms with Gasteiger partial charge in [-0.1, -0.05) is 31.4 Å². The SMILES string of the molecule is Cc1cc(C)n(-c2ccc(C(C)NC(=O)CC3(CN)CCCCC3)cc2)n1.Cl.Cl. The first-order valence-corrected chi connectivity index (χ1v) is 10.1. The van der Waals surface area contributed by atoms with Crippen LogP contribution in [0.4, 0.5) is 0 Å². The van der Waals surface area contributed by atoms with E-state index >= 15 is 0 Å². The lowest BCUT2D eigenvalue weighted by Crippen LogP contribution is -2.39. The maximum Gasteiger partial charge on any atom is 0.221 e. The van der Waals surface area contributed by atoms with Crippen LogP contribution < -0.4 is 11.1 Å². The molecule has 1 saturated carbocycles. The molecule has 0 bridgehead atoms. The molecule has 1 amide bonds. The third-order valence-electron chi connectivity index (χ3n) is 5.91. The van der Waals surface area contributed by atoms with Gasteiger partial charge in [0.1, 0.15) is 0 Å². The van der Waals surface area contributed by atoms with Crippen LogP contribution in [-0.2, 0) is 4.79 Å². The normalized spacial score (nSPS) is 16.3. The Balaban J connectivity index is 0.00000210. The predicted octanol–water partition coefficient (Wildman–Crippen LogP) is 4.81. The van der Waals surface area contributed by atoms with Crippen LogP contribution in [0.5, 0.6) is 0 Å². The second-order valence-electron chi connectivity index (χ2n) is 8.16. The van der Waals surface area contributed by atoms with Crippen LogP contribution in [0.15, 0.2) is 30.3 Å². The molecule has 1 aromatic carbocycles. The van der Waals surface area contributed by atoms with Crippen LogP contribution in [0.2, 0.25) is 0 Å². The number of halogens is 2. The molecule has 0 radical (unpaired) electrons. The van der Waals surface area contributed by atoms with Crippen LogP contribution in [0.25, 0.3) is 5.69 Å². The van der Waals surface area contributed by atoms with Gasteiger partial charge in [-0.2, -0.15) is 5.10 Å². The summed E-state index contributed by atoms with van der Waals surface area (Å²) in [5.74, 6) is 0.109. The van der Waals surface area contributed by atoms with E-state index in [-0.39, 0.29) is 42.2 Å². The van der Waals surface area contributed by atoms with Crippen molar-refractivity contribution in [2.75, 3.05) is 6.54 Å². The molecule has 0 spiro atoms. The number of nitrogens with one attached hydrogen (secondary N) is 1. The molecule has 3 rings (SSSR count). The lowest BCUT2D eigenvalue weighted by atomic mass is 9.71. The molecular formula is C22H34Cl2N4O. The number of carbonyl (C=O) groups excluding carboxylic acids is 1. The highest BCUT2D eigenvalue weighted by Crippen LogP contribution is 2.38. The molecule has 3 N–H and O–H groups in total. The van der Waals surface area contributed by atoms with Crippen molar-refractivity contribution in [1.82, 2.24) is 15.1 Å². The number of nitrogens with two attached hydrogens (primary N) is 1. The summed E-state index contributed by atoms with van der Waals surface area (Å²) in [6, 6.07) is 10.3. The van der Waals surface area contributed by atoms with Crippen LogP contribution in [-0.4, -0.2) is 22.2 Å². The van der Waals surface area contributed by atoms with Crippen LogP contribution in [0, 0.1) is 19.3 Å². The van der Waals surface area contributed by atoms with Gasteiger partial charge in [0.2, 0.25) is 5.91 Å². The number of hydrogen-bond acceptors (Lipinski definition) is 3. The molecule has 1 fully saturated rings. The Morgan fingerprint density at radius 1 is 1.17 bits per heavy atom. The first-order chi connectivity index (χ1) is 12.9. The van der Waals surface area contributed by atoms with E-state index in [2.05, 4.69) is 47.7 Å². The molecule has 1 heterocycles. The summed E-state index contributed by atoms with van der Waals surface area (Å²) in [6.07, 6.45) is 6.33. The van der Waals surface area contributed by atoms with E-state index in [9.17, 15) is 4.79 Å². The molecular weight excluding hydrogens is 407 g/mol. The molecule has 1 unspecified atom stereocenters. The molecule has 162 valence electrons. The summed E-state index contributed by atoms with van der Waals surface area (Å²) in [6.45, 7) is 6.68. The smallest absolute Gasteiger partial charge is 0.221 e. The molecule has 1 aliphatic carbocycles. The second kappa shape index (κ2) is 11.0. The van der Waals surface area contributed by atoms with Crippen molar-refractivity contribution in [2.24, 2.45) is 11.1 Å². The maximum atomic E-state index is 12.6. The number of aromatic nitrogens is 2. The Morgan fingerprint density at radius 3 is 2.31 bits per heavy atom. The van der Waals surface area contributed by atoms with Gasteiger partial charge < -0.3 is 11.1 Å². The minimum Gasteiger partial charge on any atom is -0.350 e. The van der Waals surface area contributed by atoms with Gasteiger partial charge >= 0.3 is 0 Å². The second-order valence-corrected chi connectivity index (χ2v) is 8.16. The Kier molecular flexibility index (Phi) is 9.66. The van der Waals surface area contributed by atoms with Gasteiger partial charge in [-0.3, -0.25) is 4.79 Å². The Hall–Kier alpha value is -1.56. The fourth-order valence-electron chi connectivity index (χ4n) is 4.27. The van der Waals surface area contributed by atoms with Crippen molar-refractivity contribution in [2.45, 2.75) is 65.3 Å². The number of aryl methyl sites for hydroxylation is 2. The Morgan fingerprint density at radius 2 is 1.79 bits per heavy atom. The van der Waals surface area contributed by atoms with Gasteiger partial charge in [0.15, 0.2) is 0 Å². The van der Waals surface area contributed by atoms with E-state index in [1.807, 2.05) is 18.5 Å². The van der Waals surface area contributed by atoms with Gasteiger partial charge in [0.25, 0.3) is 0 Å². The van der Waals surface area contributed by atoms with E-state index < -0.39 is 0 Å². The Bertz CT molecular complexity index is 783. The molecule has 5 nitrogen and oxygen atoms in total. The molecule has 1 aliphatic rings. The predicted molar refractivity (Wildman–Crippen MR) is 123 cm³/mol. The van der Waals surface area contributed by atoms with Crippen molar-refractivity contribution in [3.05, 3.63) is 47.3 Å². The summed E-state index contributed by atoms with van der Waals surface area (Å²) in [7, 11) is 0. The maximum absolute atomic E-state index is 12.6. The number of rotatable bonds is 6. The van der Waals surface area contributed by atoms with Crippen LogP contribution in [0.3, 0.4) is 0 Å². The van der Waals surface area contributed by atoms with Crippen molar-refractivity contribution in [1.29, 1.82) is 0 Å². The molecule has 29 heavy (non-hydrogen) atoms. The zero-order valence-electron chi connectivity index (χ0n) is 17.6. The summed E-state index contributed by atoms with van der Waals surface area (Å²) in [5, 5.41) is 7.68. The highest BCUT2D eigenvalue weighted by atomic mass is 35.5. The highest BCUT2D eigenvalue weighted by molar-refractivity contribution is 5.85. The summed E-state index contributed by atoms with van der Waals surface area (Å²) in [5.41, 5.74) is 10.3. The topological polar surface area (TPSA) is 72.9 Å². The minimum atomic E-state index is -0.0228. The fraction of sp³-hybridized carbons (Fsp3) is 0.545. The molecule has 0 aliphatic heterocycles. The van der Waals surface area contributed by atoms with Gasteiger partial charge in [0.05, 0.1) is 17.4 Å².